The Labute approximate surface area is 106 Å². The van der Waals surface area contributed by atoms with Crippen molar-refractivity contribution in [2.24, 2.45) is 0 Å². The van der Waals surface area contributed by atoms with Gasteiger partial charge in [-0.15, -0.1) is 0 Å². The highest BCUT2D eigenvalue weighted by atomic mass is 16.5. The highest BCUT2D eigenvalue weighted by Crippen LogP contribution is 2.16. The van der Waals surface area contributed by atoms with Crippen LogP contribution in [0.3, 0.4) is 0 Å². The molecule has 0 aromatic heterocycles. The van der Waals surface area contributed by atoms with Gasteiger partial charge in [-0.25, -0.2) is 4.79 Å². The number of amides is 1. The summed E-state index contributed by atoms with van der Waals surface area (Å²) in [7, 11) is 1.62. The number of methoxy groups -OCH3 is 1. The van der Waals surface area contributed by atoms with E-state index in [-0.39, 0.29) is 12.1 Å². The van der Waals surface area contributed by atoms with Crippen LogP contribution in [0.25, 0.3) is 0 Å². The second-order valence-electron chi connectivity index (χ2n) is 4.51. The number of nitrogens with one attached hydrogen (secondary N) is 1. The molecule has 2 rings (SSSR count). The minimum atomic E-state index is -0.997. The molecule has 0 unspecified atom stereocenters. The van der Waals surface area contributed by atoms with Crippen molar-refractivity contribution in [2.75, 3.05) is 20.2 Å². The predicted molar refractivity (Wildman–Crippen MR) is 67.5 cm³/mol. The Morgan fingerprint density at radius 1 is 1.44 bits per heavy atom. The molecule has 1 aromatic rings. The van der Waals surface area contributed by atoms with Gasteiger partial charge < -0.3 is 15.2 Å². The minimum Gasteiger partial charge on any atom is -0.465 e. The van der Waals surface area contributed by atoms with Crippen molar-refractivity contribution in [3.05, 3.63) is 35.9 Å². The molecule has 1 heterocycles. The smallest absolute Gasteiger partial charge is 0.405 e. The third-order valence-corrected chi connectivity index (χ3v) is 3.20. The van der Waals surface area contributed by atoms with Crippen molar-refractivity contribution >= 4 is 6.09 Å². The fourth-order valence-corrected chi connectivity index (χ4v) is 2.36. The van der Waals surface area contributed by atoms with Gasteiger partial charge in [-0.3, -0.25) is 4.90 Å². The summed E-state index contributed by atoms with van der Waals surface area (Å²) in [4.78, 5) is 12.9. The SMILES string of the molecule is CO[C@@H]1CN(Cc2ccccc2)C[C@H]1NC(=O)O. The maximum Gasteiger partial charge on any atom is 0.405 e. The molecule has 1 fully saturated rings. The summed E-state index contributed by atoms with van der Waals surface area (Å²) in [5.41, 5.74) is 1.23. The van der Waals surface area contributed by atoms with Gasteiger partial charge in [-0.2, -0.15) is 0 Å². The first-order valence-corrected chi connectivity index (χ1v) is 5.97. The van der Waals surface area contributed by atoms with Crippen molar-refractivity contribution in [1.29, 1.82) is 0 Å². The first-order valence-electron chi connectivity index (χ1n) is 5.97. The molecule has 1 aliphatic heterocycles. The van der Waals surface area contributed by atoms with Crippen LogP contribution in [0.15, 0.2) is 30.3 Å². The number of ether oxygens (including phenoxy) is 1. The quantitative estimate of drug-likeness (QED) is 0.841. The molecule has 1 aliphatic rings. The van der Waals surface area contributed by atoms with Crippen molar-refractivity contribution < 1.29 is 14.6 Å². The van der Waals surface area contributed by atoms with E-state index in [0.29, 0.717) is 6.54 Å². The van der Waals surface area contributed by atoms with Gasteiger partial charge in [0.2, 0.25) is 0 Å². The maximum absolute atomic E-state index is 10.7. The number of carbonyl (C=O) groups is 1. The lowest BCUT2D eigenvalue weighted by Gasteiger charge is -2.16. The molecular weight excluding hydrogens is 232 g/mol. The van der Waals surface area contributed by atoms with Crippen LogP contribution in [0.1, 0.15) is 5.56 Å². The van der Waals surface area contributed by atoms with E-state index in [9.17, 15) is 4.79 Å². The molecule has 2 atom stereocenters. The third kappa shape index (κ3) is 3.21. The molecular formula is C13H18N2O3. The highest BCUT2D eigenvalue weighted by molar-refractivity contribution is 5.65. The van der Waals surface area contributed by atoms with Gasteiger partial charge in [-0.05, 0) is 5.56 Å². The van der Waals surface area contributed by atoms with Crippen LogP contribution >= 0.6 is 0 Å². The highest BCUT2D eigenvalue weighted by Gasteiger charge is 2.33. The van der Waals surface area contributed by atoms with Gasteiger partial charge in [-0.1, -0.05) is 30.3 Å². The van der Waals surface area contributed by atoms with Crippen molar-refractivity contribution in [3.8, 4) is 0 Å². The van der Waals surface area contributed by atoms with Crippen LogP contribution in [0.4, 0.5) is 4.79 Å². The van der Waals surface area contributed by atoms with Gasteiger partial charge in [0.25, 0.3) is 0 Å². The van der Waals surface area contributed by atoms with E-state index in [2.05, 4.69) is 22.3 Å². The second-order valence-corrected chi connectivity index (χ2v) is 4.51. The zero-order chi connectivity index (χ0) is 13.0. The Morgan fingerprint density at radius 3 is 2.78 bits per heavy atom. The lowest BCUT2D eigenvalue weighted by Crippen LogP contribution is -2.42. The normalized spacial score (nSPS) is 24.1. The monoisotopic (exact) mass is 250 g/mol. The third-order valence-electron chi connectivity index (χ3n) is 3.20. The summed E-state index contributed by atoms with van der Waals surface area (Å²) in [6.45, 7) is 2.24. The van der Waals surface area contributed by atoms with Crippen LogP contribution in [0, 0.1) is 0 Å². The summed E-state index contributed by atoms with van der Waals surface area (Å²) in [5, 5.41) is 11.3. The number of hydrogen-bond acceptors (Lipinski definition) is 3. The zero-order valence-corrected chi connectivity index (χ0v) is 10.4. The number of benzene rings is 1. The molecule has 0 radical (unpaired) electrons. The van der Waals surface area contributed by atoms with Crippen molar-refractivity contribution in [2.45, 2.75) is 18.7 Å². The van der Waals surface area contributed by atoms with E-state index in [1.165, 1.54) is 5.56 Å². The minimum absolute atomic E-state index is 0.0789. The van der Waals surface area contributed by atoms with Gasteiger partial charge in [0.1, 0.15) is 0 Å². The molecule has 1 saturated heterocycles. The average Bonchev–Trinajstić information content (AvgIpc) is 2.71. The van der Waals surface area contributed by atoms with Gasteiger partial charge in [0, 0.05) is 26.7 Å². The van der Waals surface area contributed by atoms with Gasteiger partial charge in [0.15, 0.2) is 0 Å². The number of hydrogen-bond donors (Lipinski definition) is 2. The summed E-state index contributed by atoms with van der Waals surface area (Å²) in [6.07, 6.45) is -1.08. The number of likely N-dealkylation sites (tertiary alicyclic amines) is 1. The van der Waals surface area contributed by atoms with Crippen LogP contribution in [-0.4, -0.2) is 48.4 Å². The Bertz CT molecular complexity index is 396. The standard InChI is InChI=1S/C13H18N2O3/c1-18-12-9-15(8-11(12)14-13(16)17)7-10-5-3-2-4-6-10/h2-6,11-12,14H,7-9H2,1H3,(H,16,17)/t11-,12-/m1/s1. The molecule has 2 N–H and O–H groups in total. The molecule has 0 saturated carbocycles. The van der Waals surface area contributed by atoms with Crippen LogP contribution in [0.2, 0.25) is 0 Å². The molecule has 0 bridgehead atoms. The van der Waals surface area contributed by atoms with E-state index >= 15 is 0 Å². The van der Waals surface area contributed by atoms with Crippen LogP contribution < -0.4 is 5.32 Å². The summed E-state index contributed by atoms with van der Waals surface area (Å²) in [5.74, 6) is 0. The number of rotatable bonds is 4. The largest absolute Gasteiger partial charge is 0.465 e. The average molecular weight is 250 g/mol. The Morgan fingerprint density at radius 2 is 2.17 bits per heavy atom. The van der Waals surface area contributed by atoms with Crippen molar-refractivity contribution in [1.82, 2.24) is 10.2 Å². The number of nitrogens with zero attached hydrogens (tertiary/aromatic N) is 1. The molecule has 18 heavy (non-hydrogen) atoms. The van der Waals surface area contributed by atoms with Gasteiger partial charge in [0.05, 0.1) is 12.1 Å². The molecule has 1 aromatic carbocycles. The predicted octanol–water partition coefficient (Wildman–Crippen LogP) is 1.15. The molecule has 0 spiro atoms. The second kappa shape index (κ2) is 5.84. The Kier molecular flexibility index (Phi) is 4.17. The van der Waals surface area contributed by atoms with Crippen molar-refractivity contribution in [3.63, 3.8) is 0 Å². The van der Waals surface area contributed by atoms with E-state index in [4.69, 9.17) is 9.84 Å². The summed E-state index contributed by atoms with van der Waals surface area (Å²) in [6, 6.07) is 9.98. The van der Waals surface area contributed by atoms with E-state index in [1.54, 1.807) is 7.11 Å². The first kappa shape index (κ1) is 12.9. The van der Waals surface area contributed by atoms with E-state index in [1.807, 2.05) is 18.2 Å². The molecule has 1 amide bonds. The fourth-order valence-electron chi connectivity index (χ4n) is 2.36. The van der Waals surface area contributed by atoms with E-state index in [0.717, 1.165) is 13.1 Å². The Hall–Kier alpha value is -1.59. The summed E-state index contributed by atoms with van der Waals surface area (Å²) >= 11 is 0. The topological polar surface area (TPSA) is 61.8 Å². The van der Waals surface area contributed by atoms with Crippen LogP contribution in [0.5, 0.6) is 0 Å². The maximum atomic E-state index is 10.7. The Balaban J connectivity index is 1.94. The fraction of sp³-hybridized carbons (Fsp3) is 0.462. The molecule has 0 aliphatic carbocycles. The molecule has 98 valence electrons. The zero-order valence-electron chi connectivity index (χ0n) is 10.4. The van der Waals surface area contributed by atoms with Gasteiger partial charge >= 0.3 is 6.09 Å². The van der Waals surface area contributed by atoms with E-state index < -0.39 is 6.09 Å². The lowest BCUT2D eigenvalue weighted by molar-refractivity contribution is 0.0879. The summed E-state index contributed by atoms with van der Waals surface area (Å²) < 4.78 is 5.33. The molecule has 5 nitrogen and oxygen atoms in total. The van der Waals surface area contributed by atoms with Crippen LogP contribution in [-0.2, 0) is 11.3 Å². The molecule has 5 heteroatoms. The number of carboxylic acid groups (broad SMARTS) is 1. The lowest BCUT2D eigenvalue weighted by atomic mass is 10.2. The first-order chi connectivity index (χ1) is 8.69.